The Labute approximate surface area is 123 Å². The first-order valence-electron chi connectivity index (χ1n) is 6.25. The zero-order valence-corrected chi connectivity index (χ0v) is 13.6. The molecule has 1 aromatic carbocycles. The maximum Gasteiger partial charge on any atom is 0.244 e. The van der Waals surface area contributed by atoms with Gasteiger partial charge < -0.3 is 5.73 Å². The molecule has 0 aliphatic carbocycles. The van der Waals surface area contributed by atoms with Gasteiger partial charge in [-0.05, 0) is 58.9 Å². The molecule has 1 aliphatic rings. The molecule has 1 aromatic rings. The summed E-state index contributed by atoms with van der Waals surface area (Å²) in [5, 5.41) is 0. The van der Waals surface area contributed by atoms with Crippen molar-refractivity contribution < 1.29 is 8.42 Å². The average Bonchev–Trinajstić information content (AvgIpc) is 2.73. The van der Waals surface area contributed by atoms with Crippen LogP contribution in [0.2, 0.25) is 0 Å². The lowest BCUT2D eigenvalue weighted by Crippen LogP contribution is -2.34. The Morgan fingerprint density at radius 2 is 2.16 bits per heavy atom. The molecule has 4 nitrogen and oxygen atoms in total. The fourth-order valence-corrected chi connectivity index (χ4v) is 5.05. The minimum Gasteiger partial charge on any atom is -0.330 e. The Bertz CT molecular complexity index is 588. The van der Waals surface area contributed by atoms with Crippen LogP contribution in [-0.2, 0) is 10.0 Å². The molecule has 0 radical (unpaired) electrons. The quantitative estimate of drug-likeness (QED) is 0.911. The first-order chi connectivity index (χ1) is 8.78. The zero-order chi connectivity index (χ0) is 14.3. The van der Waals surface area contributed by atoms with Crippen molar-refractivity contribution in [3.05, 3.63) is 28.2 Å². The summed E-state index contributed by atoms with van der Waals surface area (Å²) in [6, 6.07) is 5.30. The number of aryl methyl sites for hydroxylation is 1. The van der Waals surface area contributed by atoms with Crippen LogP contribution in [0.1, 0.15) is 18.9 Å². The SMILES string of the molecule is Cc1ccc(S(=O)(=O)N2CCC(C)(CN)C2)c(Br)c1. The van der Waals surface area contributed by atoms with Crippen LogP contribution >= 0.6 is 15.9 Å². The fraction of sp³-hybridized carbons (Fsp3) is 0.538. The molecule has 2 N–H and O–H groups in total. The van der Waals surface area contributed by atoms with Crippen molar-refractivity contribution in [2.75, 3.05) is 19.6 Å². The van der Waals surface area contributed by atoms with Gasteiger partial charge in [0.15, 0.2) is 0 Å². The molecule has 1 aliphatic heterocycles. The van der Waals surface area contributed by atoms with E-state index in [4.69, 9.17) is 5.73 Å². The Hall–Kier alpha value is -0.430. The average molecular weight is 347 g/mol. The van der Waals surface area contributed by atoms with Gasteiger partial charge in [0.2, 0.25) is 10.0 Å². The summed E-state index contributed by atoms with van der Waals surface area (Å²) < 4.78 is 27.4. The second-order valence-corrected chi connectivity index (χ2v) is 8.30. The molecule has 19 heavy (non-hydrogen) atoms. The number of hydrogen-bond donors (Lipinski definition) is 1. The molecule has 2 rings (SSSR count). The summed E-state index contributed by atoms with van der Waals surface area (Å²) >= 11 is 3.35. The zero-order valence-electron chi connectivity index (χ0n) is 11.2. The molecule has 0 spiro atoms. The van der Waals surface area contributed by atoms with Crippen molar-refractivity contribution in [2.24, 2.45) is 11.1 Å². The third-order valence-corrected chi connectivity index (χ3v) is 6.54. The third kappa shape index (κ3) is 2.86. The maximum atomic E-state index is 12.6. The Morgan fingerprint density at radius 1 is 1.47 bits per heavy atom. The molecule has 0 saturated carbocycles. The highest BCUT2D eigenvalue weighted by Crippen LogP contribution is 2.34. The predicted octanol–water partition coefficient (Wildman–Crippen LogP) is 2.12. The van der Waals surface area contributed by atoms with Gasteiger partial charge in [-0.15, -0.1) is 0 Å². The van der Waals surface area contributed by atoms with Crippen LogP contribution < -0.4 is 5.73 Å². The van der Waals surface area contributed by atoms with E-state index < -0.39 is 10.0 Å². The number of halogens is 1. The maximum absolute atomic E-state index is 12.6. The number of benzene rings is 1. The van der Waals surface area contributed by atoms with Crippen LogP contribution in [0.4, 0.5) is 0 Å². The Kier molecular flexibility index (Phi) is 4.07. The van der Waals surface area contributed by atoms with Crippen LogP contribution in [0, 0.1) is 12.3 Å². The van der Waals surface area contributed by atoms with Gasteiger partial charge in [0.25, 0.3) is 0 Å². The number of hydrogen-bond acceptors (Lipinski definition) is 3. The van der Waals surface area contributed by atoms with E-state index in [1.54, 1.807) is 6.07 Å². The van der Waals surface area contributed by atoms with E-state index in [1.807, 2.05) is 26.0 Å². The number of sulfonamides is 1. The molecular weight excluding hydrogens is 328 g/mol. The molecule has 0 aromatic heterocycles. The number of nitrogens with zero attached hydrogens (tertiary/aromatic N) is 1. The van der Waals surface area contributed by atoms with Gasteiger partial charge in [0.1, 0.15) is 0 Å². The Morgan fingerprint density at radius 3 is 2.68 bits per heavy atom. The predicted molar refractivity (Wildman–Crippen MR) is 79.4 cm³/mol. The summed E-state index contributed by atoms with van der Waals surface area (Å²) in [4.78, 5) is 0.333. The summed E-state index contributed by atoms with van der Waals surface area (Å²) in [7, 11) is -3.44. The van der Waals surface area contributed by atoms with E-state index in [0.717, 1.165) is 12.0 Å². The molecule has 6 heteroatoms. The van der Waals surface area contributed by atoms with E-state index in [1.165, 1.54) is 4.31 Å². The molecule has 106 valence electrons. The summed E-state index contributed by atoms with van der Waals surface area (Å²) in [5.74, 6) is 0. The van der Waals surface area contributed by atoms with Crippen LogP contribution in [-0.4, -0.2) is 32.4 Å². The van der Waals surface area contributed by atoms with Gasteiger partial charge in [0.05, 0.1) is 4.90 Å². The summed E-state index contributed by atoms with van der Waals surface area (Å²) in [6.45, 7) is 5.51. The van der Waals surface area contributed by atoms with Crippen molar-refractivity contribution in [3.63, 3.8) is 0 Å². The molecule has 1 unspecified atom stereocenters. The first kappa shape index (κ1) is 15.0. The normalized spacial score (nSPS) is 24.8. The topological polar surface area (TPSA) is 63.4 Å². The van der Waals surface area contributed by atoms with Gasteiger partial charge in [-0.2, -0.15) is 4.31 Å². The minimum absolute atomic E-state index is 0.107. The number of nitrogens with two attached hydrogens (primary N) is 1. The first-order valence-corrected chi connectivity index (χ1v) is 8.48. The molecule has 1 heterocycles. The van der Waals surface area contributed by atoms with Gasteiger partial charge in [-0.3, -0.25) is 0 Å². The minimum atomic E-state index is -3.44. The monoisotopic (exact) mass is 346 g/mol. The van der Waals surface area contributed by atoms with E-state index >= 15 is 0 Å². The molecule has 0 amide bonds. The molecule has 1 fully saturated rings. The lowest BCUT2D eigenvalue weighted by atomic mass is 9.90. The van der Waals surface area contributed by atoms with E-state index in [2.05, 4.69) is 15.9 Å². The highest BCUT2D eigenvalue weighted by molar-refractivity contribution is 9.10. The van der Waals surface area contributed by atoms with Gasteiger partial charge in [-0.25, -0.2) is 8.42 Å². The molecule has 1 saturated heterocycles. The van der Waals surface area contributed by atoms with Crippen LogP contribution in [0.25, 0.3) is 0 Å². The largest absolute Gasteiger partial charge is 0.330 e. The second kappa shape index (κ2) is 5.16. The molecule has 0 bridgehead atoms. The lowest BCUT2D eigenvalue weighted by Gasteiger charge is -2.22. The van der Waals surface area contributed by atoms with E-state index in [0.29, 0.717) is 29.0 Å². The fourth-order valence-electron chi connectivity index (χ4n) is 2.30. The Balaban J connectivity index is 2.34. The van der Waals surface area contributed by atoms with E-state index in [-0.39, 0.29) is 5.41 Å². The third-order valence-electron chi connectivity index (χ3n) is 3.72. The van der Waals surface area contributed by atoms with Gasteiger partial charge in [-0.1, -0.05) is 13.0 Å². The smallest absolute Gasteiger partial charge is 0.244 e. The van der Waals surface area contributed by atoms with Crippen molar-refractivity contribution in [1.29, 1.82) is 0 Å². The highest BCUT2D eigenvalue weighted by Gasteiger charge is 2.39. The van der Waals surface area contributed by atoms with Crippen molar-refractivity contribution >= 4 is 26.0 Å². The molecular formula is C13H19BrN2O2S. The van der Waals surface area contributed by atoms with Crippen LogP contribution in [0.5, 0.6) is 0 Å². The van der Waals surface area contributed by atoms with Crippen LogP contribution in [0.15, 0.2) is 27.6 Å². The highest BCUT2D eigenvalue weighted by atomic mass is 79.9. The van der Waals surface area contributed by atoms with Crippen molar-refractivity contribution in [1.82, 2.24) is 4.31 Å². The van der Waals surface area contributed by atoms with Crippen molar-refractivity contribution in [3.8, 4) is 0 Å². The molecule has 1 atom stereocenters. The van der Waals surface area contributed by atoms with Gasteiger partial charge >= 0.3 is 0 Å². The lowest BCUT2D eigenvalue weighted by molar-refractivity contribution is 0.349. The van der Waals surface area contributed by atoms with E-state index in [9.17, 15) is 8.42 Å². The van der Waals surface area contributed by atoms with Crippen molar-refractivity contribution in [2.45, 2.75) is 25.2 Å². The second-order valence-electron chi connectivity index (χ2n) is 5.54. The van der Waals surface area contributed by atoms with Gasteiger partial charge in [0, 0.05) is 17.6 Å². The number of rotatable bonds is 3. The summed E-state index contributed by atoms with van der Waals surface area (Å²) in [6.07, 6.45) is 0.812. The standard InChI is InChI=1S/C13H19BrN2O2S/c1-10-3-4-12(11(14)7-10)19(17,18)16-6-5-13(2,8-15)9-16/h3-4,7H,5-6,8-9,15H2,1-2H3. The summed E-state index contributed by atoms with van der Waals surface area (Å²) in [5.41, 5.74) is 6.65. The van der Waals surface area contributed by atoms with Crippen LogP contribution in [0.3, 0.4) is 0 Å².